The van der Waals surface area contributed by atoms with Crippen molar-refractivity contribution in [1.82, 2.24) is 5.32 Å². The highest BCUT2D eigenvalue weighted by atomic mass is 16.5. The predicted molar refractivity (Wildman–Crippen MR) is 73.3 cm³/mol. The second kappa shape index (κ2) is 6.43. The molecule has 1 aromatic rings. The van der Waals surface area contributed by atoms with Crippen molar-refractivity contribution in [1.29, 1.82) is 0 Å². The fourth-order valence-electron chi connectivity index (χ4n) is 1.82. The first-order valence-corrected chi connectivity index (χ1v) is 6.50. The Balaban J connectivity index is 1.81. The number of hydrogen-bond acceptors (Lipinski definition) is 4. The van der Waals surface area contributed by atoms with Gasteiger partial charge in [-0.15, -0.1) is 0 Å². The van der Waals surface area contributed by atoms with Gasteiger partial charge in [0.2, 0.25) is 0 Å². The Hall–Kier alpha value is -1.75. The fourth-order valence-corrected chi connectivity index (χ4v) is 1.82. The maximum Gasteiger partial charge on any atom is 0.257 e. The third kappa shape index (κ3) is 3.86. The maximum absolute atomic E-state index is 12.0. The van der Waals surface area contributed by atoms with Crippen molar-refractivity contribution in [3.8, 4) is 5.75 Å². The summed E-state index contributed by atoms with van der Waals surface area (Å²) in [6, 6.07) is 5.15. The van der Waals surface area contributed by atoms with E-state index >= 15 is 0 Å². The smallest absolute Gasteiger partial charge is 0.257 e. The summed E-state index contributed by atoms with van der Waals surface area (Å²) in [6.07, 6.45) is 2.54. The van der Waals surface area contributed by atoms with E-state index in [0.29, 0.717) is 30.2 Å². The molecule has 0 saturated heterocycles. The van der Waals surface area contributed by atoms with Crippen molar-refractivity contribution in [2.24, 2.45) is 5.92 Å². The minimum absolute atomic E-state index is 0.232. The number of anilines is 1. The Morgan fingerprint density at radius 1 is 1.47 bits per heavy atom. The number of benzene rings is 1. The standard InChI is InChI=1S/C14H20N2O3/c1-18-12-4-2-3-11(15)13(12)14(17)16-7-8-19-9-10-5-6-10/h2-4,10H,5-9,15H2,1H3,(H,16,17). The lowest BCUT2D eigenvalue weighted by atomic mass is 10.1. The van der Waals surface area contributed by atoms with Crippen LogP contribution in [0.2, 0.25) is 0 Å². The van der Waals surface area contributed by atoms with E-state index in [1.165, 1.54) is 20.0 Å². The van der Waals surface area contributed by atoms with E-state index in [9.17, 15) is 4.79 Å². The second-order valence-electron chi connectivity index (χ2n) is 4.70. The fraction of sp³-hybridized carbons (Fsp3) is 0.500. The van der Waals surface area contributed by atoms with Gasteiger partial charge in [-0.3, -0.25) is 4.79 Å². The number of rotatable bonds is 7. The molecule has 1 fully saturated rings. The molecule has 1 aromatic carbocycles. The molecule has 0 unspecified atom stereocenters. The zero-order valence-electron chi connectivity index (χ0n) is 11.1. The molecule has 1 aliphatic carbocycles. The van der Waals surface area contributed by atoms with Crippen LogP contribution in [0.15, 0.2) is 18.2 Å². The monoisotopic (exact) mass is 264 g/mol. The summed E-state index contributed by atoms with van der Waals surface area (Å²) in [7, 11) is 1.52. The zero-order valence-corrected chi connectivity index (χ0v) is 11.1. The normalized spacial score (nSPS) is 14.2. The van der Waals surface area contributed by atoms with E-state index in [-0.39, 0.29) is 5.91 Å². The average molecular weight is 264 g/mol. The van der Waals surface area contributed by atoms with Crippen LogP contribution in [0.25, 0.3) is 0 Å². The van der Waals surface area contributed by atoms with Gasteiger partial charge in [0.05, 0.1) is 13.7 Å². The van der Waals surface area contributed by atoms with Crippen LogP contribution in [0.3, 0.4) is 0 Å². The Labute approximate surface area is 113 Å². The molecule has 1 saturated carbocycles. The van der Waals surface area contributed by atoms with E-state index in [1.54, 1.807) is 18.2 Å². The Morgan fingerprint density at radius 3 is 2.95 bits per heavy atom. The first kappa shape index (κ1) is 13.7. The van der Waals surface area contributed by atoms with Crippen LogP contribution in [0.5, 0.6) is 5.75 Å². The third-order valence-electron chi connectivity index (χ3n) is 3.09. The second-order valence-corrected chi connectivity index (χ2v) is 4.70. The highest BCUT2D eigenvalue weighted by molar-refractivity contribution is 6.01. The summed E-state index contributed by atoms with van der Waals surface area (Å²) in [4.78, 5) is 12.0. The lowest BCUT2D eigenvalue weighted by Crippen LogP contribution is -2.28. The van der Waals surface area contributed by atoms with Gasteiger partial charge >= 0.3 is 0 Å². The van der Waals surface area contributed by atoms with E-state index in [4.69, 9.17) is 15.2 Å². The SMILES string of the molecule is COc1cccc(N)c1C(=O)NCCOCC1CC1. The zero-order chi connectivity index (χ0) is 13.7. The molecule has 19 heavy (non-hydrogen) atoms. The number of nitrogens with one attached hydrogen (secondary N) is 1. The molecule has 5 heteroatoms. The third-order valence-corrected chi connectivity index (χ3v) is 3.09. The average Bonchev–Trinajstić information content (AvgIpc) is 3.21. The lowest BCUT2D eigenvalue weighted by Gasteiger charge is -2.11. The minimum atomic E-state index is -0.232. The van der Waals surface area contributed by atoms with Crippen molar-refractivity contribution < 1.29 is 14.3 Å². The Bertz CT molecular complexity index is 444. The van der Waals surface area contributed by atoms with Crippen LogP contribution in [0.1, 0.15) is 23.2 Å². The Morgan fingerprint density at radius 2 is 2.26 bits per heavy atom. The van der Waals surface area contributed by atoms with Crippen molar-refractivity contribution >= 4 is 11.6 Å². The summed E-state index contributed by atoms with van der Waals surface area (Å²) in [5.41, 5.74) is 6.60. The molecule has 0 bridgehead atoms. The molecule has 0 radical (unpaired) electrons. The molecule has 0 aromatic heterocycles. The van der Waals surface area contributed by atoms with Crippen LogP contribution in [0, 0.1) is 5.92 Å². The summed E-state index contributed by atoms with van der Waals surface area (Å²) in [6.45, 7) is 1.80. The van der Waals surface area contributed by atoms with Gasteiger partial charge in [-0.25, -0.2) is 0 Å². The van der Waals surface area contributed by atoms with Crippen LogP contribution < -0.4 is 15.8 Å². The number of amides is 1. The molecule has 0 spiro atoms. The van der Waals surface area contributed by atoms with Crippen LogP contribution in [-0.4, -0.2) is 32.8 Å². The molecule has 2 rings (SSSR count). The molecular weight excluding hydrogens is 244 g/mol. The topological polar surface area (TPSA) is 73.6 Å². The number of nitrogens with two attached hydrogens (primary N) is 1. The van der Waals surface area contributed by atoms with Gasteiger partial charge in [0.25, 0.3) is 5.91 Å². The number of methoxy groups -OCH3 is 1. The van der Waals surface area contributed by atoms with Gasteiger partial charge in [0, 0.05) is 18.8 Å². The summed E-state index contributed by atoms with van der Waals surface area (Å²) in [5, 5.41) is 2.78. The van der Waals surface area contributed by atoms with Crippen molar-refractivity contribution in [2.45, 2.75) is 12.8 Å². The van der Waals surface area contributed by atoms with E-state index in [1.807, 2.05) is 0 Å². The molecular formula is C14H20N2O3. The van der Waals surface area contributed by atoms with Crippen molar-refractivity contribution in [3.05, 3.63) is 23.8 Å². The van der Waals surface area contributed by atoms with Gasteiger partial charge in [0.1, 0.15) is 11.3 Å². The number of carbonyl (C=O) groups excluding carboxylic acids is 1. The van der Waals surface area contributed by atoms with Crippen LogP contribution in [0.4, 0.5) is 5.69 Å². The molecule has 0 atom stereocenters. The molecule has 104 valence electrons. The van der Waals surface area contributed by atoms with Gasteiger partial charge in [-0.1, -0.05) is 6.07 Å². The van der Waals surface area contributed by atoms with Gasteiger partial charge < -0.3 is 20.5 Å². The largest absolute Gasteiger partial charge is 0.496 e. The van der Waals surface area contributed by atoms with Gasteiger partial charge in [-0.2, -0.15) is 0 Å². The molecule has 3 N–H and O–H groups in total. The summed E-state index contributed by atoms with van der Waals surface area (Å²) < 4.78 is 10.6. The molecule has 5 nitrogen and oxygen atoms in total. The maximum atomic E-state index is 12.0. The number of hydrogen-bond donors (Lipinski definition) is 2. The lowest BCUT2D eigenvalue weighted by molar-refractivity contribution is 0.0904. The van der Waals surface area contributed by atoms with Crippen molar-refractivity contribution in [2.75, 3.05) is 32.6 Å². The van der Waals surface area contributed by atoms with Crippen LogP contribution >= 0.6 is 0 Å². The number of carbonyl (C=O) groups is 1. The predicted octanol–water partition coefficient (Wildman–Crippen LogP) is 1.43. The molecule has 1 amide bonds. The highest BCUT2D eigenvalue weighted by Crippen LogP contribution is 2.28. The number of nitrogen functional groups attached to an aromatic ring is 1. The van der Waals surface area contributed by atoms with Gasteiger partial charge in [-0.05, 0) is 30.9 Å². The van der Waals surface area contributed by atoms with Gasteiger partial charge in [0.15, 0.2) is 0 Å². The molecule has 1 aliphatic rings. The van der Waals surface area contributed by atoms with E-state index in [2.05, 4.69) is 5.32 Å². The summed E-state index contributed by atoms with van der Waals surface area (Å²) in [5.74, 6) is 0.988. The van der Waals surface area contributed by atoms with E-state index in [0.717, 1.165) is 12.5 Å². The first-order valence-electron chi connectivity index (χ1n) is 6.50. The quantitative estimate of drug-likeness (QED) is 0.577. The molecule has 0 aliphatic heterocycles. The highest BCUT2D eigenvalue weighted by Gasteiger charge is 2.21. The Kier molecular flexibility index (Phi) is 4.63. The summed E-state index contributed by atoms with van der Waals surface area (Å²) >= 11 is 0. The van der Waals surface area contributed by atoms with Crippen LogP contribution in [-0.2, 0) is 4.74 Å². The van der Waals surface area contributed by atoms with Crippen molar-refractivity contribution in [3.63, 3.8) is 0 Å². The number of ether oxygens (including phenoxy) is 2. The molecule has 0 heterocycles. The minimum Gasteiger partial charge on any atom is -0.496 e. The first-order chi connectivity index (χ1) is 9.22. The van der Waals surface area contributed by atoms with E-state index < -0.39 is 0 Å².